The lowest BCUT2D eigenvalue weighted by atomic mass is 9.94. The van der Waals surface area contributed by atoms with Crippen molar-refractivity contribution in [2.24, 2.45) is 0 Å². The first-order chi connectivity index (χ1) is 18.9. The molecule has 0 amide bonds. The number of aryl methyl sites for hydroxylation is 2. The van der Waals surface area contributed by atoms with Crippen LogP contribution < -0.4 is 9.47 Å². The Labute approximate surface area is 232 Å². The third-order valence-electron chi connectivity index (χ3n) is 7.70. The second-order valence-corrected chi connectivity index (χ2v) is 10.7. The summed E-state index contributed by atoms with van der Waals surface area (Å²) in [7, 11) is 3.83. The zero-order valence-corrected chi connectivity index (χ0v) is 23.4. The molecule has 4 nitrogen and oxygen atoms in total. The third-order valence-corrected chi connectivity index (χ3v) is 7.70. The van der Waals surface area contributed by atoms with E-state index in [1.54, 1.807) is 7.11 Å². The number of methoxy groups -OCH3 is 1. The van der Waals surface area contributed by atoms with E-state index in [1.807, 2.05) is 24.3 Å². The molecule has 1 heterocycles. The normalized spacial score (nSPS) is 14.3. The van der Waals surface area contributed by atoms with Crippen LogP contribution in [-0.2, 0) is 6.42 Å². The fourth-order valence-corrected chi connectivity index (χ4v) is 5.29. The number of benzene rings is 4. The lowest BCUT2D eigenvalue weighted by Gasteiger charge is -2.29. The van der Waals surface area contributed by atoms with Crippen molar-refractivity contribution in [3.05, 3.63) is 107 Å². The molecule has 0 N–H and O–H groups in total. The first-order valence-electron chi connectivity index (χ1n) is 13.7. The predicted octanol–water partition coefficient (Wildman–Crippen LogP) is 7.54. The summed E-state index contributed by atoms with van der Waals surface area (Å²) >= 11 is 0. The average Bonchev–Trinajstić information content (AvgIpc) is 2.95. The lowest BCUT2D eigenvalue weighted by molar-refractivity contribution is 0.0992. The summed E-state index contributed by atoms with van der Waals surface area (Å²) < 4.78 is 11.8. The van der Waals surface area contributed by atoms with E-state index in [4.69, 9.17) is 9.47 Å². The highest BCUT2D eigenvalue weighted by atomic mass is 16.5. The summed E-state index contributed by atoms with van der Waals surface area (Å²) in [5.41, 5.74) is 8.27. The molecule has 1 saturated heterocycles. The number of ketones is 1. The zero-order chi connectivity index (χ0) is 27.4. The summed E-state index contributed by atoms with van der Waals surface area (Å²) in [6, 6.07) is 28.7. The number of ether oxygens (including phenoxy) is 2. The van der Waals surface area contributed by atoms with E-state index < -0.39 is 0 Å². The van der Waals surface area contributed by atoms with Crippen molar-refractivity contribution >= 4 is 5.78 Å². The van der Waals surface area contributed by atoms with E-state index in [1.165, 1.54) is 5.56 Å². The minimum Gasteiger partial charge on any atom is -0.496 e. The Morgan fingerprint density at radius 2 is 1.59 bits per heavy atom. The minimum atomic E-state index is 0.0952. The van der Waals surface area contributed by atoms with Crippen LogP contribution >= 0.6 is 0 Å². The number of Topliss-reactive ketones (excluding diaryl/α,β-unsaturated/α-hetero) is 1. The van der Waals surface area contributed by atoms with Crippen LogP contribution in [-0.4, -0.2) is 44.0 Å². The molecule has 39 heavy (non-hydrogen) atoms. The highest BCUT2D eigenvalue weighted by Crippen LogP contribution is 2.32. The Morgan fingerprint density at radius 3 is 2.28 bits per heavy atom. The summed E-state index contributed by atoms with van der Waals surface area (Å²) in [6.07, 6.45) is 2.79. The number of nitrogens with zero attached hydrogens (tertiary/aromatic N) is 1. The first kappa shape index (κ1) is 26.7. The average molecular weight is 520 g/mol. The molecule has 4 heteroatoms. The van der Waals surface area contributed by atoms with Gasteiger partial charge in [-0.25, -0.2) is 0 Å². The topological polar surface area (TPSA) is 38.8 Å². The molecule has 0 aromatic heterocycles. The monoisotopic (exact) mass is 519 g/mol. The molecule has 200 valence electrons. The molecule has 0 radical (unpaired) electrons. The quantitative estimate of drug-likeness (QED) is 0.225. The molecular weight excluding hydrogens is 482 g/mol. The number of rotatable bonds is 8. The number of carbonyl (C=O) groups excluding carboxylic acids is 1. The van der Waals surface area contributed by atoms with Gasteiger partial charge in [0.1, 0.15) is 17.6 Å². The second kappa shape index (κ2) is 11.9. The Bertz CT molecular complexity index is 1450. The molecule has 0 saturated carbocycles. The van der Waals surface area contributed by atoms with Gasteiger partial charge in [0.05, 0.1) is 7.11 Å². The first-order valence-corrected chi connectivity index (χ1v) is 13.7. The number of piperidine rings is 1. The Hall–Kier alpha value is -3.89. The Balaban J connectivity index is 1.28. The number of carbonyl (C=O) groups is 1. The molecule has 4 aromatic carbocycles. The fraction of sp³-hybridized carbons (Fsp3) is 0.286. The van der Waals surface area contributed by atoms with Gasteiger partial charge in [0.15, 0.2) is 5.78 Å². The van der Waals surface area contributed by atoms with Crippen LogP contribution in [0.2, 0.25) is 0 Å². The molecule has 4 aromatic rings. The van der Waals surface area contributed by atoms with E-state index >= 15 is 0 Å². The maximum absolute atomic E-state index is 13.3. The van der Waals surface area contributed by atoms with Crippen molar-refractivity contribution in [2.75, 3.05) is 27.2 Å². The van der Waals surface area contributed by atoms with Gasteiger partial charge in [-0.15, -0.1) is 0 Å². The van der Waals surface area contributed by atoms with E-state index in [0.29, 0.717) is 18.1 Å². The highest BCUT2D eigenvalue weighted by molar-refractivity contribution is 5.99. The molecule has 0 atom stereocenters. The lowest BCUT2D eigenvalue weighted by Crippen LogP contribution is -2.35. The molecule has 1 aliphatic heterocycles. The molecule has 0 bridgehead atoms. The van der Waals surface area contributed by atoms with Gasteiger partial charge in [-0.3, -0.25) is 4.79 Å². The third kappa shape index (κ3) is 6.40. The Kier molecular flexibility index (Phi) is 8.13. The minimum absolute atomic E-state index is 0.0952. The van der Waals surface area contributed by atoms with Crippen molar-refractivity contribution in [1.29, 1.82) is 0 Å². The van der Waals surface area contributed by atoms with Crippen LogP contribution in [0.3, 0.4) is 0 Å². The van der Waals surface area contributed by atoms with Crippen molar-refractivity contribution in [3.63, 3.8) is 0 Å². The van der Waals surface area contributed by atoms with E-state index in [2.05, 4.69) is 86.5 Å². The van der Waals surface area contributed by atoms with E-state index in [-0.39, 0.29) is 5.78 Å². The molecular formula is C35H37NO3. The molecule has 1 aliphatic rings. The molecule has 5 rings (SSSR count). The smallest absolute Gasteiger partial charge is 0.167 e. The summed E-state index contributed by atoms with van der Waals surface area (Å²) in [6.45, 7) is 6.32. The van der Waals surface area contributed by atoms with Crippen LogP contribution in [0.5, 0.6) is 11.5 Å². The van der Waals surface area contributed by atoms with Crippen LogP contribution in [0.4, 0.5) is 0 Å². The molecule has 0 aliphatic carbocycles. The maximum Gasteiger partial charge on any atom is 0.167 e. The second-order valence-electron chi connectivity index (χ2n) is 10.7. The van der Waals surface area contributed by atoms with Gasteiger partial charge in [-0.05, 0) is 91.9 Å². The fourth-order valence-electron chi connectivity index (χ4n) is 5.29. The van der Waals surface area contributed by atoms with E-state index in [0.717, 1.165) is 70.8 Å². The van der Waals surface area contributed by atoms with Gasteiger partial charge in [0.2, 0.25) is 0 Å². The maximum atomic E-state index is 13.3. The largest absolute Gasteiger partial charge is 0.496 e. The van der Waals surface area contributed by atoms with Crippen LogP contribution in [0.1, 0.15) is 39.9 Å². The standard InChI is InChI=1S/C35H37NO3/c1-24-6-5-7-29(20-24)33-22-30(12-15-35(33)38-4)34(37)23-27-8-9-28(21-25(27)2)26-10-13-31(14-11-26)39-32-16-18-36(3)19-17-32/h5-15,20-22,32H,16-19,23H2,1-4H3. The van der Waals surface area contributed by atoms with Crippen molar-refractivity contribution in [1.82, 2.24) is 4.90 Å². The van der Waals surface area contributed by atoms with Crippen LogP contribution in [0.25, 0.3) is 22.3 Å². The van der Waals surface area contributed by atoms with Crippen LogP contribution in [0.15, 0.2) is 84.9 Å². The number of likely N-dealkylation sites (tertiary alicyclic amines) is 1. The van der Waals surface area contributed by atoms with E-state index in [9.17, 15) is 4.79 Å². The van der Waals surface area contributed by atoms with Gasteiger partial charge in [0, 0.05) is 30.6 Å². The van der Waals surface area contributed by atoms with Gasteiger partial charge in [-0.2, -0.15) is 0 Å². The number of hydrogen-bond acceptors (Lipinski definition) is 4. The van der Waals surface area contributed by atoms with Crippen molar-refractivity contribution < 1.29 is 14.3 Å². The van der Waals surface area contributed by atoms with Crippen molar-refractivity contribution in [2.45, 2.75) is 39.2 Å². The predicted molar refractivity (Wildman–Crippen MR) is 159 cm³/mol. The summed E-state index contributed by atoms with van der Waals surface area (Å²) in [4.78, 5) is 15.7. The SMILES string of the molecule is COc1ccc(C(=O)Cc2ccc(-c3ccc(OC4CCN(C)CC4)cc3)cc2C)cc1-c1cccc(C)c1. The number of hydrogen-bond donors (Lipinski definition) is 0. The van der Waals surface area contributed by atoms with Crippen LogP contribution in [0, 0.1) is 13.8 Å². The summed E-state index contributed by atoms with van der Waals surface area (Å²) in [5.74, 6) is 1.79. The molecule has 0 spiro atoms. The van der Waals surface area contributed by atoms with Gasteiger partial charge in [-0.1, -0.05) is 60.2 Å². The molecule has 1 fully saturated rings. The Morgan fingerprint density at radius 1 is 0.846 bits per heavy atom. The summed E-state index contributed by atoms with van der Waals surface area (Å²) in [5, 5.41) is 0. The van der Waals surface area contributed by atoms with Gasteiger partial charge in [0.25, 0.3) is 0 Å². The highest BCUT2D eigenvalue weighted by Gasteiger charge is 2.18. The molecule has 0 unspecified atom stereocenters. The van der Waals surface area contributed by atoms with Crippen molar-refractivity contribution in [3.8, 4) is 33.8 Å². The van der Waals surface area contributed by atoms with Gasteiger partial charge < -0.3 is 14.4 Å². The van der Waals surface area contributed by atoms with Gasteiger partial charge >= 0.3 is 0 Å². The zero-order valence-electron chi connectivity index (χ0n) is 23.4.